The number of H-pyrrole nitrogens is 1. The fourth-order valence-electron chi connectivity index (χ4n) is 3.47. The number of aromatic nitrogens is 4. The first-order chi connectivity index (χ1) is 14.3. The van der Waals surface area contributed by atoms with Crippen molar-refractivity contribution in [2.24, 2.45) is 5.92 Å². The molecule has 0 atom stereocenters. The number of nitrogens with one attached hydrogen (secondary N) is 1. The Morgan fingerprint density at radius 1 is 1.23 bits per heavy atom. The van der Waals surface area contributed by atoms with Crippen molar-refractivity contribution in [3.05, 3.63) is 26.7 Å². The van der Waals surface area contributed by atoms with Crippen molar-refractivity contribution >= 4 is 17.1 Å². The molecular weight excluding hydrogens is 386 g/mol. The minimum absolute atomic E-state index is 0.0199. The number of hydrogen-bond acceptors (Lipinski definition) is 5. The number of rotatable bonds is 12. The number of ether oxygens (including phenoxy) is 1. The van der Waals surface area contributed by atoms with Crippen LogP contribution in [0.25, 0.3) is 11.2 Å². The lowest BCUT2D eigenvalue weighted by Crippen LogP contribution is -2.31. The normalized spacial score (nSPS) is 11.5. The Balaban J connectivity index is 2.36. The lowest BCUT2D eigenvalue weighted by Gasteiger charge is -2.17. The van der Waals surface area contributed by atoms with Crippen LogP contribution in [0.5, 0.6) is 0 Å². The maximum atomic E-state index is 12.6. The highest BCUT2D eigenvalue weighted by Gasteiger charge is 2.20. The van der Waals surface area contributed by atoms with Gasteiger partial charge < -0.3 is 14.2 Å². The van der Waals surface area contributed by atoms with E-state index in [-0.39, 0.29) is 11.8 Å². The fraction of sp³-hybridized carbons (Fsp3) is 0.714. The lowest BCUT2D eigenvalue weighted by molar-refractivity contribution is -0.130. The first kappa shape index (κ1) is 23.9. The van der Waals surface area contributed by atoms with Gasteiger partial charge in [-0.25, -0.2) is 9.78 Å². The first-order valence-corrected chi connectivity index (χ1v) is 10.7. The second-order valence-corrected chi connectivity index (χ2v) is 8.13. The molecule has 30 heavy (non-hydrogen) atoms. The molecule has 2 heterocycles. The van der Waals surface area contributed by atoms with Gasteiger partial charge in [-0.3, -0.25) is 19.1 Å². The van der Waals surface area contributed by atoms with Gasteiger partial charge in [-0.15, -0.1) is 0 Å². The number of unbranched alkanes of at least 4 members (excludes halogenated alkanes) is 1. The van der Waals surface area contributed by atoms with Gasteiger partial charge in [0.25, 0.3) is 5.56 Å². The van der Waals surface area contributed by atoms with E-state index in [9.17, 15) is 14.4 Å². The van der Waals surface area contributed by atoms with Gasteiger partial charge in [-0.2, -0.15) is 0 Å². The molecule has 0 aliphatic carbocycles. The number of aromatic amines is 1. The molecule has 0 radical (unpaired) electrons. The second kappa shape index (κ2) is 11.1. The predicted octanol–water partition coefficient (Wildman–Crippen LogP) is 1.77. The maximum absolute atomic E-state index is 12.6. The molecule has 0 aliphatic heterocycles. The van der Waals surface area contributed by atoms with Gasteiger partial charge in [-0.1, -0.05) is 27.2 Å². The Bertz CT molecular complexity index is 957. The average Bonchev–Trinajstić information content (AvgIpc) is 3.03. The minimum Gasteiger partial charge on any atom is -0.385 e. The number of carbonyl (C=O) groups excluding carboxylic acids is 1. The van der Waals surface area contributed by atoms with Crippen LogP contribution in [0, 0.1) is 5.92 Å². The van der Waals surface area contributed by atoms with Crippen LogP contribution in [-0.4, -0.2) is 57.2 Å². The molecule has 9 nitrogen and oxygen atoms in total. The Hall–Kier alpha value is -2.42. The van der Waals surface area contributed by atoms with E-state index < -0.39 is 11.2 Å². The van der Waals surface area contributed by atoms with Crippen molar-refractivity contribution in [3.8, 4) is 0 Å². The van der Waals surface area contributed by atoms with E-state index in [0.29, 0.717) is 56.1 Å². The third kappa shape index (κ3) is 5.81. The number of amides is 1. The quantitative estimate of drug-likeness (QED) is 0.526. The third-order valence-corrected chi connectivity index (χ3v) is 5.08. The molecule has 2 aromatic heterocycles. The van der Waals surface area contributed by atoms with Crippen molar-refractivity contribution in [3.63, 3.8) is 0 Å². The molecular formula is C21H35N5O4. The molecule has 1 amide bonds. The van der Waals surface area contributed by atoms with Crippen LogP contribution < -0.4 is 11.2 Å². The van der Waals surface area contributed by atoms with Gasteiger partial charge in [0.2, 0.25) is 5.91 Å². The van der Waals surface area contributed by atoms with E-state index in [1.807, 2.05) is 11.5 Å². The number of carbonyl (C=O) groups is 1. The van der Waals surface area contributed by atoms with Gasteiger partial charge in [0.1, 0.15) is 5.82 Å². The van der Waals surface area contributed by atoms with E-state index in [4.69, 9.17) is 4.74 Å². The Kier molecular flexibility index (Phi) is 8.83. The lowest BCUT2D eigenvalue weighted by atomic mass is 10.2. The van der Waals surface area contributed by atoms with Crippen LogP contribution >= 0.6 is 0 Å². The highest BCUT2D eigenvalue weighted by molar-refractivity contribution is 5.76. The third-order valence-electron chi connectivity index (χ3n) is 5.08. The molecule has 0 saturated heterocycles. The largest absolute Gasteiger partial charge is 0.385 e. The van der Waals surface area contributed by atoms with Crippen molar-refractivity contribution < 1.29 is 9.53 Å². The average molecular weight is 422 g/mol. The number of methoxy groups -OCH3 is 1. The number of imidazole rings is 1. The zero-order valence-corrected chi connectivity index (χ0v) is 18.9. The van der Waals surface area contributed by atoms with Crippen LogP contribution in [0.2, 0.25) is 0 Å². The molecule has 1 N–H and O–H groups in total. The van der Waals surface area contributed by atoms with Gasteiger partial charge in [0, 0.05) is 53.2 Å². The van der Waals surface area contributed by atoms with Crippen molar-refractivity contribution in [1.29, 1.82) is 0 Å². The molecule has 0 fully saturated rings. The molecule has 0 aromatic carbocycles. The first-order valence-electron chi connectivity index (χ1n) is 10.7. The SMILES string of the molecule is CCCCn1c(=O)[nH]c(=O)c2c1nc(CCC(=O)N(C)CCCOC)n2CC(C)C. The summed E-state index contributed by atoms with van der Waals surface area (Å²) in [6, 6.07) is 0. The summed E-state index contributed by atoms with van der Waals surface area (Å²) in [6.45, 7) is 8.51. The molecule has 2 rings (SSSR count). The van der Waals surface area contributed by atoms with Crippen LogP contribution in [-0.2, 0) is 29.0 Å². The molecule has 0 aliphatic rings. The molecule has 9 heteroatoms. The molecule has 168 valence electrons. The fourth-order valence-corrected chi connectivity index (χ4v) is 3.47. The van der Waals surface area contributed by atoms with Crippen LogP contribution in [0.1, 0.15) is 52.3 Å². The molecule has 2 aromatic rings. The monoisotopic (exact) mass is 421 g/mol. The van der Waals surface area contributed by atoms with Gasteiger partial charge >= 0.3 is 5.69 Å². The van der Waals surface area contributed by atoms with E-state index in [0.717, 1.165) is 19.3 Å². The minimum atomic E-state index is -0.435. The molecule has 0 unspecified atom stereocenters. The zero-order valence-electron chi connectivity index (χ0n) is 18.9. The molecule has 0 bridgehead atoms. The van der Waals surface area contributed by atoms with Gasteiger partial charge in [0.15, 0.2) is 11.2 Å². The zero-order chi connectivity index (χ0) is 22.3. The highest BCUT2D eigenvalue weighted by Crippen LogP contribution is 2.16. The molecule has 0 saturated carbocycles. The van der Waals surface area contributed by atoms with Crippen LogP contribution in [0.4, 0.5) is 0 Å². The number of aryl methyl sites for hydroxylation is 2. The van der Waals surface area contributed by atoms with Crippen LogP contribution in [0.15, 0.2) is 9.59 Å². The van der Waals surface area contributed by atoms with E-state index >= 15 is 0 Å². The summed E-state index contributed by atoms with van der Waals surface area (Å²) in [4.78, 5) is 46.3. The van der Waals surface area contributed by atoms with Crippen LogP contribution in [0.3, 0.4) is 0 Å². The van der Waals surface area contributed by atoms with Gasteiger partial charge in [0.05, 0.1) is 0 Å². The number of fused-ring (bicyclic) bond motifs is 1. The van der Waals surface area contributed by atoms with E-state index in [1.54, 1.807) is 23.6 Å². The number of nitrogens with zero attached hydrogens (tertiary/aromatic N) is 4. The summed E-state index contributed by atoms with van der Waals surface area (Å²) in [7, 11) is 3.42. The van der Waals surface area contributed by atoms with E-state index in [2.05, 4.69) is 23.8 Å². The predicted molar refractivity (Wildman–Crippen MR) is 117 cm³/mol. The standard InChI is InChI=1S/C21H35N5O4/c1-6-7-12-25-19-18(20(28)23-21(25)29)26(14-15(2)3)16(22-19)9-10-17(27)24(4)11-8-13-30-5/h15H,6-14H2,1-5H3,(H,23,28,29). The number of hydrogen-bond donors (Lipinski definition) is 1. The molecule has 0 spiro atoms. The maximum Gasteiger partial charge on any atom is 0.330 e. The van der Waals surface area contributed by atoms with Crippen molar-refractivity contribution in [2.45, 2.75) is 66.0 Å². The van der Waals surface area contributed by atoms with Crippen molar-refractivity contribution in [1.82, 2.24) is 24.0 Å². The second-order valence-electron chi connectivity index (χ2n) is 8.13. The summed E-state index contributed by atoms with van der Waals surface area (Å²) < 4.78 is 8.45. The summed E-state index contributed by atoms with van der Waals surface area (Å²) in [5, 5.41) is 0. The summed E-state index contributed by atoms with van der Waals surface area (Å²) in [5.41, 5.74) is -0.0372. The summed E-state index contributed by atoms with van der Waals surface area (Å²) in [5.74, 6) is 0.967. The topological polar surface area (TPSA) is 102 Å². The summed E-state index contributed by atoms with van der Waals surface area (Å²) >= 11 is 0. The van der Waals surface area contributed by atoms with Crippen molar-refractivity contribution in [2.75, 3.05) is 27.3 Å². The smallest absolute Gasteiger partial charge is 0.330 e. The van der Waals surface area contributed by atoms with E-state index in [1.165, 1.54) is 0 Å². The van der Waals surface area contributed by atoms with Gasteiger partial charge in [-0.05, 0) is 18.8 Å². The Morgan fingerprint density at radius 3 is 2.60 bits per heavy atom. The highest BCUT2D eigenvalue weighted by atomic mass is 16.5. The Morgan fingerprint density at radius 2 is 1.97 bits per heavy atom. The summed E-state index contributed by atoms with van der Waals surface area (Å²) in [6.07, 6.45) is 3.23. The Labute approximate surface area is 177 Å².